The van der Waals surface area contributed by atoms with Gasteiger partial charge in [-0.3, -0.25) is 19.5 Å². The van der Waals surface area contributed by atoms with Gasteiger partial charge in [0.05, 0.1) is 35.8 Å². The molecule has 0 saturated heterocycles. The number of nitrogens with zero attached hydrogens (tertiary/aromatic N) is 3. The van der Waals surface area contributed by atoms with Crippen molar-refractivity contribution in [3.8, 4) is 11.3 Å². The van der Waals surface area contributed by atoms with Gasteiger partial charge in [-0.25, -0.2) is 9.37 Å². The second-order valence-corrected chi connectivity index (χ2v) is 6.37. The van der Waals surface area contributed by atoms with E-state index in [1.807, 2.05) is 13.8 Å². The van der Waals surface area contributed by atoms with Gasteiger partial charge in [0, 0.05) is 5.56 Å². The van der Waals surface area contributed by atoms with Gasteiger partial charge in [0.2, 0.25) is 0 Å². The molecule has 0 aliphatic carbocycles. The van der Waals surface area contributed by atoms with Crippen LogP contribution >= 0.6 is 0 Å². The fraction of sp³-hybridized carbons (Fsp3) is 0.182. The minimum Gasteiger partial charge on any atom is -0.270 e. The molecule has 9 heteroatoms. The number of halogens is 4. The summed E-state index contributed by atoms with van der Waals surface area (Å²) in [6.07, 6.45) is -3.18. The number of rotatable bonds is 3. The zero-order valence-electron chi connectivity index (χ0n) is 16.6. The SMILES string of the molecule is CC.O=C1c2ccccc2C(=O)N1Cc1cc(F)cc(-c2cnc(C(F)(F)F)cn2)c1. The number of amides is 2. The highest BCUT2D eigenvalue weighted by atomic mass is 19.4. The normalized spacial score (nSPS) is 13.0. The molecule has 2 aromatic carbocycles. The molecular formula is C22H17F4N3O2. The smallest absolute Gasteiger partial charge is 0.270 e. The number of alkyl halides is 3. The molecule has 1 aliphatic rings. The van der Waals surface area contributed by atoms with Crippen LogP contribution in [0.25, 0.3) is 11.3 Å². The lowest BCUT2D eigenvalue weighted by Gasteiger charge is -2.15. The van der Waals surface area contributed by atoms with E-state index in [2.05, 4.69) is 9.97 Å². The predicted octanol–water partition coefficient (Wildman–Crippen LogP) is 5.12. The number of imide groups is 1. The number of fused-ring (bicyclic) bond motifs is 1. The standard InChI is InChI=1S/C20H11F4N3O2.C2H6/c21-13-6-11(10-27-18(28)14-3-1-2-4-15(14)19(27)29)5-12(7-13)16-8-26-17(9-25-16)20(22,23)24;1-2/h1-9H,10H2;1-2H3. The lowest BCUT2D eigenvalue weighted by Crippen LogP contribution is -2.29. The molecule has 1 aromatic heterocycles. The zero-order valence-corrected chi connectivity index (χ0v) is 16.6. The molecule has 4 rings (SSSR count). The number of aromatic nitrogens is 2. The maximum Gasteiger partial charge on any atom is 0.434 e. The highest BCUT2D eigenvalue weighted by Gasteiger charge is 2.35. The Morgan fingerprint density at radius 2 is 1.52 bits per heavy atom. The Morgan fingerprint density at radius 3 is 2.03 bits per heavy atom. The Morgan fingerprint density at radius 1 is 0.903 bits per heavy atom. The van der Waals surface area contributed by atoms with E-state index >= 15 is 0 Å². The van der Waals surface area contributed by atoms with E-state index in [0.29, 0.717) is 6.20 Å². The van der Waals surface area contributed by atoms with Gasteiger partial charge < -0.3 is 0 Å². The fourth-order valence-electron chi connectivity index (χ4n) is 3.08. The minimum atomic E-state index is -4.63. The van der Waals surface area contributed by atoms with Crippen LogP contribution in [0.5, 0.6) is 0 Å². The molecule has 0 bridgehead atoms. The number of hydrogen-bond acceptors (Lipinski definition) is 4. The van der Waals surface area contributed by atoms with Crippen LogP contribution in [0.1, 0.15) is 45.8 Å². The van der Waals surface area contributed by atoms with Crippen molar-refractivity contribution >= 4 is 11.8 Å². The van der Waals surface area contributed by atoms with Gasteiger partial charge in [-0.15, -0.1) is 0 Å². The Kier molecular flexibility index (Phi) is 6.14. The van der Waals surface area contributed by atoms with E-state index in [4.69, 9.17) is 0 Å². The monoisotopic (exact) mass is 431 g/mol. The molecule has 1 aliphatic heterocycles. The van der Waals surface area contributed by atoms with Gasteiger partial charge in [-0.1, -0.05) is 26.0 Å². The number of carbonyl (C=O) groups excluding carboxylic acids is 2. The Bertz CT molecular complexity index is 1090. The van der Waals surface area contributed by atoms with Crippen LogP contribution in [0.15, 0.2) is 54.9 Å². The topological polar surface area (TPSA) is 63.2 Å². The molecule has 31 heavy (non-hydrogen) atoms. The van der Waals surface area contributed by atoms with Gasteiger partial charge in [0.15, 0.2) is 5.69 Å². The van der Waals surface area contributed by atoms with Crippen molar-refractivity contribution in [2.24, 2.45) is 0 Å². The second kappa shape index (κ2) is 8.63. The molecule has 0 unspecified atom stereocenters. The molecule has 0 fully saturated rings. The molecule has 2 amide bonds. The zero-order chi connectivity index (χ0) is 22.8. The highest BCUT2D eigenvalue weighted by Crippen LogP contribution is 2.29. The Labute approximate surface area is 175 Å². The van der Waals surface area contributed by atoms with Gasteiger partial charge in [0.1, 0.15) is 5.82 Å². The fourth-order valence-corrected chi connectivity index (χ4v) is 3.08. The van der Waals surface area contributed by atoms with E-state index in [0.717, 1.165) is 23.2 Å². The molecule has 0 saturated carbocycles. The van der Waals surface area contributed by atoms with Gasteiger partial charge in [0.25, 0.3) is 11.8 Å². The summed E-state index contributed by atoms with van der Waals surface area (Å²) in [5.74, 6) is -1.67. The summed E-state index contributed by atoms with van der Waals surface area (Å²) in [5.41, 5.74) is -0.135. The summed E-state index contributed by atoms with van der Waals surface area (Å²) in [5, 5.41) is 0. The third-order valence-corrected chi connectivity index (χ3v) is 4.41. The molecule has 0 spiro atoms. The first-order valence-electron chi connectivity index (χ1n) is 9.38. The molecule has 0 N–H and O–H groups in total. The van der Waals surface area contributed by atoms with Crippen LogP contribution in [-0.2, 0) is 12.7 Å². The van der Waals surface area contributed by atoms with Crippen molar-refractivity contribution < 1.29 is 27.2 Å². The average Bonchev–Trinajstić information content (AvgIpc) is 2.99. The molecule has 0 atom stereocenters. The van der Waals surface area contributed by atoms with Gasteiger partial charge in [-0.2, -0.15) is 13.2 Å². The lowest BCUT2D eigenvalue weighted by molar-refractivity contribution is -0.141. The highest BCUT2D eigenvalue weighted by molar-refractivity contribution is 6.21. The predicted molar refractivity (Wildman–Crippen MR) is 104 cm³/mol. The quantitative estimate of drug-likeness (QED) is 0.426. The van der Waals surface area contributed by atoms with Crippen LogP contribution in [0, 0.1) is 5.82 Å². The second-order valence-electron chi connectivity index (χ2n) is 6.37. The third kappa shape index (κ3) is 4.45. The maximum absolute atomic E-state index is 14.1. The van der Waals surface area contributed by atoms with Crippen molar-refractivity contribution in [2.45, 2.75) is 26.6 Å². The van der Waals surface area contributed by atoms with Crippen LogP contribution < -0.4 is 0 Å². The molecular weight excluding hydrogens is 414 g/mol. The third-order valence-electron chi connectivity index (χ3n) is 4.41. The van der Waals surface area contributed by atoms with Gasteiger partial charge in [-0.05, 0) is 35.9 Å². The number of carbonyl (C=O) groups is 2. The average molecular weight is 431 g/mol. The maximum atomic E-state index is 14.1. The van der Waals surface area contributed by atoms with Crippen LogP contribution in [0.2, 0.25) is 0 Å². The van der Waals surface area contributed by atoms with E-state index in [1.165, 1.54) is 18.2 Å². The van der Waals surface area contributed by atoms with Gasteiger partial charge >= 0.3 is 6.18 Å². The number of benzene rings is 2. The molecule has 3 aromatic rings. The lowest BCUT2D eigenvalue weighted by atomic mass is 10.1. The largest absolute Gasteiger partial charge is 0.434 e. The van der Waals surface area contributed by atoms with Crippen molar-refractivity contribution in [1.82, 2.24) is 14.9 Å². The van der Waals surface area contributed by atoms with Crippen LogP contribution in [0.3, 0.4) is 0 Å². The van der Waals surface area contributed by atoms with E-state index in [9.17, 15) is 27.2 Å². The first-order chi connectivity index (χ1) is 14.7. The molecule has 0 radical (unpaired) electrons. The minimum absolute atomic E-state index is 0.0288. The van der Waals surface area contributed by atoms with E-state index < -0.39 is 29.5 Å². The summed E-state index contributed by atoms with van der Waals surface area (Å²) < 4.78 is 52.0. The van der Waals surface area contributed by atoms with Crippen LogP contribution in [-0.4, -0.2) is 26.7 Å². The van der Waals surface area contributed by atoms with E-state index in [-0.39, 0.29) is 34.5 Å². The van der Waals surface area contributed by atoms with Crippen molar-refractivity contribution in [3.05, 3.63) is 83.1 Å². The summed E-state index contributed by atoms with van der Waals surface area (Å²) in [4.78, 5) is 32.9. The summed E-state index contributed by atoms with van der Waals surface area (Å²) in [7, 11) is 0. The molecule has 160 valence electrons. The van der Waals surface area contributed by atoms with Crippen molar-refractivity contribution in [2.75, 3.05) is 0 Å². The Balaban J connectivity index is 0.00000132. The first-order valence-corrected chi connectivity index (χ1v) is 9.38. The van der Waals surface area contributed by atoms with E-state index in [1.54, 1.807) is 12.1 Å². The van der Waals surface area contributed by atoms with Crippen LogP contribution in [0.4, 0.5) is 17.6 Å². The molecule has 5 nitrogen and oxygen atoms in total. The van der Waals surface area contributed by atoms with Crippen molar-refractivity contribution in [3.63, 3.8) is 0 Å². The summed E-state index contributed by atoms with van der Waals surface area (Å²) in [6, 6.07) is 10.0. The van der Waals surface area contributed by atoms with Crippen molar-refractivity contribution in [1.29, 1.82) is 0 Å². The molecule has 2 heterocycles. The summed E-state index contributed by atoms with van der Waals surface area (Å²) in [6.45, 7) is 3.81. The first kappa shape index (κ1) is 22.1. The Hall–Kier alpha value is -3.62. The number of hydrogen-bond donors (Lipinski definition) is 0. The summed E-state index contributed by atoms with van der Waals surface area (Å²) >= 11 is 0.